The van der Waals surface area contributed by atoms with Gasteiger partial charge < -0.3 is 10.2 Å². The molecule has 0 saturated heterocycles. The molecule has 36 heavy (non-hydrogen) atoms. The van der Waals surface area contributed by atoms with E-state index < -0.39 is 32.3 Å². The van der Waals surface area contributed by atoms with E-state index in [-0.39, 0.29) is 35.9 Å². The van der Waals surface area contributed by atoms with Crippen LogP contribution >= 0.6 is 0 Å². The van der Waals surface area contributed by atoms with Gasteiger partial charge in [0.2, 0.25) is 21.4 Å². The van der Waals surface area contributed by atoms with Crippen molar-refractivity contribution in [3.63, 3.8) is 0 Å². The molecule has 1 N–H and O–H groups in total. The number of carbonyl (C=O) groups excluding carboxylic acids is 2. The summed E-state index contributed by atoms with van der Waals surface area (Å²) in [5.41, 5.74) is 0.899. The Morgan fingerprint density at radius 2 is 1.75 bits per heavy atom. The second-order valence-electron chi connectivity index (χ2n) is 8.23. The summed E-state index contributed by atoms with van der Waals surface area (Å²) in [4.78, 5) is 35.1. The Hall–Kier alpha value is -3.77. The van der Waals surface area contributed by atoms with Crippen LogP contribution in [0.4, 0.5) is 20.3 Å². The van der Waals surface area contributed by atoms with E-state index in [1.165, 1.54) is 4.90 Å². The van der Waals surface area contributed by atoms with Gasteiger partial charge in [0.1, 0.15) is 23.1 Å². The molecule has 190 valence electrons. The smallest absolute Gasteiger partial charge is 0.253 e. The van der Waals surface area contributed by atoms with Crippen molar-refractivity contribution in [3.05, 3.63) is 64.7 Å². The fourth-order valence-corrected chi connectivity index (χ4v) is 4.08. The first-order valence-electron chi connectivity index (χ1n) is 10.7. The standard InChI is InChI=1S/C24H25F2N5O4S/c1-14-9-10-15(23(33)30(3)4)11-16(14)20-17(12-27-2)22(29-24(28-20)36(5,34)35)31(13-32)21-18(25)7-6-8-19(21)26/h6-11,13,27H,12H2,1-5H3. The van der Waals surface area contributed by atoms with Crippen molar-refractivity contribution in [1.82, 2.24) is 20.2 Å². The molecule has 2 amide bonds. The van der Waals surface area contributed by atoms with Crippen LogP contribution in [-0.4, -0.2) is 63.0 Å². The highest BCUT2D eigenvalue weighted by molar-refractivity contribution is 7.90. The molecule has 0 bridgehead atoms. The third-order valence-corrected chi connectivity index (χ3v) is 6.15. The Labute approximate surface area is 207 Å². The van der Waals surface area contributed by atoms with Gasteiger partial charge in [0.05, 0.1) is 5.69 Å². The number of aromatic nitrogens is 2. The van der Waals surface area contributed by atoms with E-state index in [1.54, 1.807) is 46.3 Å². The molecule has 1 aromatic heterocycles. The maximum absolute atomic E-state index is 14.7. The van der Waals surface area contributed by atoms with Gasteiger partial charge >= 0.3 is 0 Å². The highest BCUT2D eigenvalue weighted by Gasteiger charge is 2.28. The predicted octanol–water partition coefficient (Wildman–Crippen LogP) is 2.85. The number of amides is 2. The van der Waals surface area contributed by atoms with E-state index in [4.69, 9.17) is 0 Å². The SMILES string of the molecule is CNCc1c(-c2cc(C(=O)N(C)C)ccc2C)nc(S(C)(=O)=O)nc1N(C=O)c1c(F)cccc1F. The Morgan fingerprint density at radius 3 is 2.28 bits per heavy atom. The molecule has 12 heteroatoms. The third kappa shape index (κ3) is 5.24. The second-order valence-corrected chi connectivity index (χ2v) is 10.1. The lowest BCUT2D eigenvalue weighted by Crippen LogP contribution is -2.24. The van der Waals surface area contributed by atoms with Gasteiger partial charge in [0.25, 0.3) is 5.91 Å². The molecule has 0 fully saturated rings. The molecule has 0 radical (unpaired) electrons. The minimum absolute atomic E-state index is 0.000412. The normalized spacial score (nSPS) is 11.3. The number of benzene rings is 2. The minimum Gasteiger partial charge on any atom is -0.345 e. The molecule has 0 aliphatic carbocycles. The van der Waals surface area contributed by atoms with E-state index in [0.717, 1.165) is 24.5 Å². The Kier molecular flexibility index (Phi) is 7.80. The molecule has 0 aliphatic rings. The van der Waals surface area contributed by atoms with Gasteiger partial charge in [-0.05, 0) is 43.8 Å². The molecule has 3 aromatic rings. The van der Waals surface area contributed by atoms with Gasteiger partial charge in [-0.2, -0.15) is 4.98 Å². The van der Waals surface area contributed by atoms with Crippen molar-refractivity contribution in [2.75, 3.05) is 32.3 Å². The largest absolute Gasteiger partial charge is 0.345 e. The summed E-state index contributed by atoms with van der Waals surface area (Å²) >= 11 is 0. The molecule has 0 aliphatic heterocycles. The molecule has 3 rings (SSSR count). The number of hydrogen-bond donors (Lipinski definition) is 1. The zero-order valence-electron chi connectivity index (χ0n) is 20.3. The molecule has 0 atom stereocenters. The molecular formula is C24H25F2N5O4S. The minimum atomic E-state index is -4.03. The van der Waals surface area contributed by atoms with Crippen molar-refractivity contribution in [3.8, 4) is 11.3 Å². The summed E-state index contributed by atoms with van der Waals surface area (Å²) in [6.07, 6.45) is 1.03. The van der Waals surface area contributed by atoms with Crippen molar-refractivity contribution < 1.29 is 26.8 Å². The van der Waals surface area contributed by atoms with Crippen molar-refractivity contribution in [2.24, 2.45) is 0 Å². The van der Waals surface area contributed by atoms with Crippen molar-refractivity contribution in [2.45, 2.75) is 18.6 Å². The number of nitrogens with one attached hydrogen (secondary N) is 1. The average Bonchev–Trinajstić information content (AvgIpc) is 2.81. The Bertz CT molecular complexity index is 1420. The lowest BCUT2D eigenvalue weighted by atomic mass is 9.98. The highest BCUT2D eigenvalue weighted by atomic mass is 32.2. The van der Waals surface area contributed by atoms with Crippen LogP contribution in [0.5, 0.6) is 0 Å². The number of para-hydroxylation sites is 1. The number of halogens is 2. The number of hydrogen-bond acceptors (Lipinski definition) is 7. The van der Waals surface area contributed by atoms with E-state index in [2.05, 4.69) is 15.3 Å². The summed E-state index contributed by atoms with van der Waals surface area (Å²) in [6, 6.07) is 7.90. The summed E-state index contributed by atoms with van der Waals surface area (Å²) < 4.78 is 54.4. The summed E-state index contributed by atoms with van der Waals surface area (Å²) in [6.45, 7) is 1.73. The third-order valence-electron chi connectivity index (χ3n) is 5.31. The van der Waals surface area contributed by atoms with E-state index in [9.17, 15) is 26.8 Å². The molecule has 0 spiro atoms. The molecule has 0 unspecified atom stereocenters. The van der Waals surface area contributed by atoms with Gasteiger partial charge in [-0.3, -0.25) is 14.5 Å². The van der Waals surface area contributed by atoms with E-state index in [0.29, 0.717) is 21.6 Å². The Balaban J connectivity index is 2.45. The van der Waals surface area contributed by atoms with Gasteiger partial charge in [-0.1, -0.05) is 12.1 Å². The maximum atomic E-state index is 14.7. The number of rotatable bonds is 8. The summed E-state index contributed by atoms with van der Waals surface area (Å²) in [5.74, 6) is -2.72. The molecule has 1 heterocycles. The topological polar surface area (TPSA) is 113 Å². The zero-order chi connectivity index (χ0) is 26.8. The maximum Gasteiger partial charge on any atom is 0.253 e. The van der Waals surface area contributed by atoms with Crippen molar-refractivity contribution >= 4 is 33.7 Å². The number of sulfone groups is 1. The van der Waals surface area contributed by atoms with Crippen LogP contribution in [0.1, 0.15) is 21.5 Å². The number of carbonyl (C=O) groups is 2. The van der Waals surface area contributed by atoms with Crippen LogP contribution in [0, 0.1) is 18.6 Å². The first kappa shape index (κ1) is 26.8. The lowest BCUT2D eigenvalue weighted by molar-refractivity contribution is -0.107. The monoisotopic (exact) mass is 517 g/mol. The fourth-order valence-electron chi connectivity index (χ4n) is 3.58. The lowest BCUT2D eigenvalue weighted by Gasteiger charge is -2.23. The summed E-state index contributed by atoms with van der Waals surface area (Å²) in [7, 11) is 0.731. The predicted molar refractivity (Wildman–Crippen MR) is 131 cm³/mol. The summed E-state index contributed by atoms with van der Waals surface area (Å²) in [5, 5.41) is 2.24. The van der Waals surface area contributed by atoms with Crippen LogP contribution in [0.2, 0.25) is 0 Å². The zero-order valence-corrected chi connectivity index (χ0v) is 21.2. The van der Waals surface area contributed by atoms with Crippen LogP contribution in [0.15, 0.2) is 41.6 Å². The van der Waals surface area contributed by atoms with E-state index >= 15 is 0 Å². The molecule has 2 aromatic carbocycles. The van der Waals surface area contributed by atoms with Gasteiger partial charge in [0.15, 0.2) is 0 Å². The molecule has 0 saturated carbocycles. The fraction of sp³-hybridized carbons (Fsp3) is 0.250. The van der Waals surface area contributed by atoms with Crippen LogP contribution in [-0.2, 0) is 21.2 Å². The number of nitrogens with zero attached hydrogens (tertiary/aromatic N) is 4. The van der Waals surface area contributed by atoms with Gasteiger partial charge in [-0.15, -0.1) is 0 Å². The van der Waals surface area contributed by atoms with Gasteiger partial charge in [0, 0.05) is 43.6 Å². The molecule has 9 nitrogen and oxygen atoms in total. The average molecular weight is 518 g/mol. The van der Waals surface area contributed by atoms with Crippen LogP contribution < -0.4 is 10.2 Å². The quantitative estimate of drug-likeness (QED) is 0.361. The van der Waals surface area contributed by atoms with Gasteiger partial charge in [-0.25, -0.2) is 22.2 Å². The highest BCUT2D eigenvalue weighted by Crippen LogP contribution is 2.36. The van der Waals surface area contributed by atoms with Crippen molar-refractivity contribution in [1.29, 1.82) is 0 Å². The number of anilines is 2. The van der Waals surface area contributed by atoms with E-state index in [1.807, 2.05) is 0 Å². The first-order valence-corrected chi connectivity index (χ1v) is 12.6. The Morgan fingerprint density at radius 1 is 1.11 bits per heavy atom. The van der Waals surface area contributed by atoms with Crippen LogP contribution in [0.25, 0.3) is 11.3 Å². The molecular weight excluding hydrogens is 492 g/mol. The second kappa shape index (κ2) is 10.5. The van der Waals surface area contributed by atoms with Crippen LogP contribution in [0.3, 0.4) is 0 Å². The first-order chi connectivity index (χ1) is 16.9. The number of aryl methyl sites for hydroxylation is 1.